The highest BCUT2D eigenvalue weighted by Crippen LogP contribution is 2.67. The van der Waals surface area contributed by atoms with Gasteiger partial charge in [-0.3, -0.25) is 0 Å². The molecule has 0 aliphatic heterocycles. The monoisotopic (exact) mass is 164 g/mol. The van der Waals surface area contributed by atoms with Crippen LogP contribution in [0.4, 0.5) is 0 Å². The Bertz CT molecular complexity index is 215. The summed E-state index contributed by atoms with van der Waals surface area (Å²) >= 11 is 0. The first-order valence-electron chi connectivity index (χ1n) is 5.25. The first kappa shape index (κ1) is 7.11. The normalized spacial score (nSPS) is 35.3. The van der Waals surface area contributed by atoms with E-state index in [9.17, 15) is 4.79 Å². The van der Waals surface area contributed by atoms with E-state index in [0.29, 0.717) is 0 Å². The third kappa shape index (κ3) is 0.725. The van der Waals surface area contributed by atoms with E-state index in [4.69, 9.17) is 0 Å². The molecule has 0 radical (unpaired) electrons. The van der Waals surface area contributed by atoms with E-state index in [1.807, 2.05) is 0 Å². The first-order chi connectivity index (χ1) is 5.79. The molecule has 3 fully saturated rings. The van der Waals surface area contributed by atoms with Gasteiger partial charge in [0.25, 0.3) is 0 Å². The highest BCUT2D eigenvalue weighted by Gasteiger charge is 2.59. The molecular formula is C11H16O. The van der Waals surface area contributed by atoms with Crippen LogP contribution in [0.25, 0.3) is 0 Å². The average molecular weight is 164 g/mol. The van der Waals surface area contributed by atoms with Gasteiger partial charge in [0, 0.05) is 5.41 Å². The third-order valence-corrected chi connectivity index (χ3v) is 4.65. The van der Waals surface area contributed by atoms with Crippen molar-refractivity contribution >= 4 is 6.29 Å². The lowest BCUT2D eigenvalue weighted by atomic mass is 9.49. The number of hydrogen-bond acceptors (Lipinski definition) is 1. The maximum absolute atomic E-state index is 10.8. The molecule has 3 saturated carbocycles. The largest absolute Gasteiger partial charge is 0.303 e. The summed E-state index contributed by atoms with van der Waals surface area (Å²) in [6.45, 7) is 0. The molecule has 1 nitrogen and oxygen atoms in total. The highest BCUT2D eigenvalue weighted by atomic mass is 16.1. The van der Waals surface area contributed by atoms with E-state index < -0.39 is 0 Å². The minimum Gasteiger partial charge on any atom is -0.303 e. The van der Waals surface area contributed by atoms with Crippen LogP contribution in [0.15, 0.2) is 0 Å². The van der Waals surface area contributed by atoms with Crippen LogP contribution in [-0.4, -0.2) is 6.29 Å². The van der Waals surface area contributed by atoms with Crippen molar-refractivity contribution < 1.29 is 4.79 Å². The van der Waals surface area contributed by atoms with Gasteiger partial charge in [-0.2, -0.15) is 0 Å². The molecule has 0 atom stereocenters. The van der Waals surface area contributed by atoms with E-state index >= 15 is 0 Å². The molecule has 1 heteroatoms. The number of aldehydes is 1. The number of rotatable bonds is 2. The van der Waals surface area contributed by atoms with Crippen molar-refractivity contribution in [2.24, 2.45) is 16.7 Å². The second kappa shape index (κ2) is 1.94. The molecule has 0 aromatic carbocycles. The molecule has 0 heterocycles. The quantitative estimate of drug-likeness (QED) is 0.573. The van der Waals surface area contributed by atoms with E-state index in [2.05, 4.69) is 0 Å². The van der Waals surface area contributed by atoms with Crippen LogP contribution in [0.2, 0.25) is 0 Å². The Labute approximate surface area is 73.5 Å². The van der Waals surface area contributed by atoms with Gasteiger partial charge in [0.1, 0.15) is 6.29 Å². The number of hydrogen-bond donors (Lipinski definition) is 0. The molecule has 0 unspecified atom stereocenters. The van der Waals surface area contributed by atoms with Crippen molar-refractivity contribution in [3.05, 3.63) is 0 Å². The minimum atomic E-state index is 0.195. The maximum atomic E-state index is 10.8. The fourth-order valence-corrected chi connectivity index (χ4v) is 3.24. The highest BCUT2D eigenvalue weighted by molar-refractivity contribution is 5.64. The summed E-state index contributed by atoms with van der Waals surface area (Å²) in [5.41, 5.74) is 0.949. The molecule has 12 heavy (non-hydrogen) atoms. The molecule has 0 amide bonds. The Morgan fingerprint density at radius 1 is 1.08 bits per heavy atom. The Morgan fingerprint density at radius 3 is 2.08 bits per heavy atom. The summed E-state index contributed by atoms with van der Waals surface area (Å²) in [5.74, 6) is 0.787. The zero-order valence-corrected chi connectivity index (χ0v) is 7.51. The Hall–Kier alpha value is -0.330. The lowest BCUT2D eigenvalue weighted by Crippen LogP contribution is -2.46. The van der Waals surface area contributed by atoms with Crippen molar-refractivity contribution in [3.8, 4) is 0 Å². The Kier molecular flexibility index (Phi) is 1.15. The fourth-order valence-electron chi connectivity index (χ4n) is 3.24. The molecule has 0 aromatic rings. The second-order valence-corrected chi connectivity index (χ2v) is 5.31. The average Bonchev–Trinajstić information content (AvgIpc) is 2.63. The maximum Gasteiger partial charge on any atom is 0.126 e. The molecule has 0 bridgehead atoms. The van der Waals surface area contributed by atoms with Crippen molar-refractivity contribution in [1.82, 2.24) is 0 Å². The van der Waals surface area contributed by atoms with Crippen molar-refractivity contribution in [3.63, 3.8) is 0 Å². The zero-order chi connectivity index (χ0) is 8.23. The molecule has 3 aliphatic rings. The van der Waals surface area contributed by atoms with E-state index in [0.717, 1.165) is 11.3 Å². The van der Waals surface area contributed by atoms with Gasteiger partial charge in [-0.05, 0) is 49.9 Å². The number of carbonyl (C=O) groups excluding carboxylic acids is 1. The lowest BCUT2D eigenvalue weighted by Gasteiger charge is -2.56. The molecule has 1 spiro atoms. The molecule has 0 saturated heterocycles. The topological polar surface area (TPSA) is 17.1 Å². The van der Waals surface area contributed by atoms with Crippen LogP contribution in [0.3, 0.4) is 0 Å². The molecule has 3 aliphatic carbocycles. The Balaban J connectivity index is 1.65. The van der Waals surface area contributed by atoms with Crippen LogP contribution in [0.5, 0.6) is 0 Å². The molecule has 0 aromatic heterocycles. The lowest BCUT2D eigenvalue weighted by molar-refractivity contribution is -0.121. The first-order valence-corrected chi connectivity index (χ1v) is 5.25. The predicted octanol–water partition coefficient (Wildman–Crippen LogP) is 2.55. The van der Waals surface area contributed by atoms with Crippen molar-refractivity contribution in [1.29, 1.82) is 0 Å². The Morgan fingerprint density at radius 2 is 1.75 bits per heavy atom. The third-order valence-electron chi connectivity index (χ3n) is 4.65. The second-order valence-electron chi connectivity index (χ2n) is 5.31. The standard InChI is InChI=1S/C11H16O/c12-8-11(4-5-11)9-6-10(7-9)2-1-3-10/h8-9H,1-7H2. The van der Waals surface area contributed by atoms with Gasteiger partial charge in [-0.25, -0.2) is 0 Å². The molecular weight excluding hydrogens is 148 g/mol. The predicted molar refractivity (Wildman–Crippen MR) is 46.7 cm³/mol. The fraction of sp³-hybridized carbons (Fsp3) is 0.909. The van der Waals surface area contributed by atoms with Crippen molar-refractivity contribution in [2.75, 3.05) is 0 Å². The zero-order valence-electron chi connectivity index (χ0n) is 7.51. The van der Waals surface area contributed by atoms with Gasteiger partial charge in [0.15, 0.2) is 0 Å². The molecule has 3 rings (SSSR count). The van der Waals surface area contributed by atoms with Gasteiger partial charge < -0.3 is 4.79 Å². The van der Waals surface area contributed by atoms with Crippen molar-refractivity contribution in [2.45, 2.75) is 44.9 Å². The summed E-state index contributed by atoms with van der Waals surface area (Å²) in [7, 11) is 0. The van der Waals surface area contributed by atoms with E-state index in [1.54, 1.807) is 0 Å². The van der Waals surface area contributed by atoms with E-state index in [1.165, 1.54) is 51.2 Å². The minimum absolute atomic E-state index is 0.195. The van der Waals surface area contributed by atoms with Crippen LogP contribution in [0.1, 0.15) is 44.9 Å². The summed E-state index contributed by atoms with van der Waals surface area (Å²) in [6, 6.07) is 0. The summed E-state index contributed by atoms with van der Waals surface area (Å²) in [5, 5.41) is 0. The molecule has 66 valence electrons. The van der Waals surface area contributed by atoms with Gasteiger partial charge in [-0.15, -0.1) is 0 Å². The van der Waals surface area contributed by atoms with Gasteiger partial charge in [0.05, 0.1) is 0 Å². The SMILES string of the molecule is O=CC1(C2CC3(CCC3)C2)CC1. The summed E-state index contributed by atoms with van der Waals surface area (Å²) < 4.78 is 0. The van der Waals surface area contributed by atoms with Gasteiger partial charge in [-0.1, -0.05) is 6.42 Å². The van der Waals surface area contributed by atoms with E-state index in [-0.39, 0.29) is 5.41 Å². The van der Waals surface area contributed by atoms with Crippen LogP contribution in [0, 0.1) is 16.7 Å². The van der Waals surface area contributed by atoms with Gasteiger partial charge in [0.2, 0.25) is 0 Å². The summed E-state index contributed by atoms with van der Waals surface area (Å²) in [6.07, 6.45) is 10.8. The van der Waals surface area contributed by atoms with Crippen LogP contribution >= 0.6 is 0 Å². The summed E-state index contributed by atoms with van der Waals surface area (Å²) in [4.78, 5) is 10.8. The van der Waals surface area contributed by atoms with Crippen LogP contribution < -0.4 is 0 Å². The van der Waals surface area contributed by atoms with Crippen LogP contribution in [-0.2, 0) is 4.79 Å². The number of carbonyl (C=O) groups is 1. The smallest absolute Gasteiger partial charge is 0.126 e. The molecule has 0 N–H and O–H groups in total. The van der Waals surface area contributed by atoms with Gasteiger partial charge >= 0.3 is 0 Å².